The molecule has 0 atom stereocenters. The molecule has 0 heterocycles. The second-order valence-corrected chi connectivity index (χ2v) is 5.32. The molecule has 0 unspecified atom stereocenters. The van der Waals surface area contributed by atoms with Gasteiger partial charge >= 0.3 is 0 Å². The van der Waals surface area contributed by atoms with Crippen LogP contribution in [0.5, 0.6) is 0 Å². The van der Waals surface area contributed by atoms with Crippen LogP contribution in [0.1, 0.15) is 20.3 Å². The van der Waals surface area contributed by atoms with E-state index in [1.165, 1.54) is 0 Å². The van der Waals surface area contributed by atoms with Crippen molar-refractivity contribution in [3.8, 4) is 0 Å². The third kappa shape index (κ3) is 5.94. The number of hydrogen-bond donors (Lipinski definition) is 2. The molecular weight excluding hydrogens is 280 g/mol. The molecule has 17 heavy (non-hydrogen) atoms. The molecule has 0 saturated heterocycles. The first-order valence-electron chi connectivity index (χ1n) is 5.96. The second kappa shape index (κ2) is 7.56. The summed E-state index contributed by atoms with van der Waals surface area (Å²) in [5.41, 5.74) is 7.48. The summed E-state index contributed by atoms with van der Waals surface area (Å²) < 4.78 is 6.51. The van der Waals surface area contributed by atoms with Crippen LogP contribution in [0.2, 0.25) is 0 Å². The molecule has 0 radical (unpaired) electrons. The Morgan fingerprint density at radius 2 is 2.12 bits per heavy atom. The van der Waals surface area contributed by atoms with E-state index in [1.807, 2.05) is 18.2 Å². The molecule has 96 valence electrons. The highest BCUT2D eigenvalue weighted by Crippen LogP contribution is 2.24. The Hall–Kier alpha value is -0.740. The first-order chi connectivity index (χ1) is 8.09. The van der Waals surface area contributed by atoms with Gasteiger partial charge in [-0.05, 0) is 46.5 Å². The number of nitrogens with two attached hydrogens (primary N) is 1. The van der Waals surface area contributed by atoms with Gasteiger partial charge in [0.25, 0.3) is 0 Å². The van der Waals surface area contributed by atoms with E-state index in [1.54, 1.807) is 0 Å². The van der Waals surface area contributed by atoms with E-state index in [2.05, 4.69) is 35.1 Å². The zero-order valence-electron chi connectivity index (χ0n) is 10.5. The SMILES string of the molecule is CC(C)CCOCCNc1ccc(N)cc1Br. The summed E-state index contributed by atoms with van der Waals surface area (Å²) in [6.45, 7) is 6.77. The minimum absolute atomic E-state index is 0.703. The maximum absolute atomic E-state index is 5.67. The van der Waals surface area contributed by atoms with Crippen LogP contribution in [0.25, 0.3) is 0 Å². The van der Waals surface area contributed by atoms with Crippen molar-refractivity contribution in [1.29, 1.82) is 0 Å². The molecule has 1 aromatic rings. The lowest BCUT2D eigenvalue weighted by atomic mass is 10.1. The fourth-order valence-electron chi connectivity index (χ4n) is 1.35. The molecule has 0 saturated carbocycles. The van der Waals surface area contributed by atoms with Crippen molar-refractivity contribution >= 4 is 27.3 Å². The lowest BCUT2D eigenvalue weighted by Gasteiger charge is -2.10. The standard InChI is InChI=1S/C13H21BrN2O/c1-10(2)5-7-17-8-6-16-13-4-3-11(15)9-12(13)14/h3-4,9-10,16H,5-8,15H2,1-2H3. The van der Waals surface area contributed by atoms with Gasteiger partial charge < -0.3 is 15.8 Å². The number of benzene rings is 1. The summed E-state index contributed by atoms with van der Waals surface area (Å²) in [4.78, 5) is 0. The highest BCUT2D eigenvalue weighted by Gasteiger charge is 1.99. The number of halogens is 1. The predicted molar refractivity (Wildman–Crippen MR) is 77.3 cm³/mol. The predicted octanol–water partition coefficient (Wildman–Crippen LogP) is 3.51. The molecule has 0 spiro atoms. The molecule has 0 amide bonds. The number of nitrogen functional groups attached to an aromatic ring is 1. The Morgan fingerprint density at radius 1 is 1.35 bits per heavy atom. The van der Waals surface area contributed by atoms with Crippen molar-refractivity contribution in [1.82, 2.24) is 0 Å². The summed E-state index contributed by atoms with van der Waals surface area (Å²) in [5.74, 6) is 0.703. The maximum atomic E-state index is 5.67. The average Bonchev–Trinajstić information content (AvgIpc) is 2.25. The van der Waals surface area contributed by atoms with Gasteiger partial charge in [-0.1, -0.05) is 13.8 Å². The Balaban J connectivity index is 2.18. The van der Waals surface area contributed by atoms with Crippen molar-refractivity contribution in [2.24, 2.45) is 5.92 Å². The third-order valence-corrected chi connectivity index (χ3v) is 3.05. The van der Waals surface area contributed by atoms with Crippen LogP contribution >= 0.6 is 15.9 Å². The van der Waals surface area contributed by atoms with Crippen molar-refractivity contribution in [2.75, 3.05) is 30.8 Å². The largest absolute Gasteiger partial charge is 0.399 e. The monoisotopic (exact) mass is 300 g/mol. The van der Waals surface area contributed by atoms with Crippen LogP contribution in [-0.4, -0.2) is 19.8 Å². The molecule has 0 fully saturated rings. The zero-order chi connectivity index (χ0) is 12.7. The van der Waals surface area contributed by atoms with Crippen molar-refractivity contribution in [3.05, 3.63) is 22.7 Å². The van der Waals surface area contributed by atoms with E-state index in [0.29, 0.717) is 5.92 Å². The summed E-state index contributed by atoms with van der Waals surface area (Å²) >= 11 is 3.47. The van der Waals surface area contributed by atoms with Gasteiger partial charge in [0, 0.05) is 29.0 Å². The molecule has 3 nitrogen and oxygen atoms in total. The Labute approximate surface area is 112 Å². The lowest BCUT2D eigenvalue weighted by Crippen LogP contribution is -2.11. The van der Waals surface area contributed by atoms with Gasteiger partial charge in [0.05, 0.1) is 6.61 Å². The Kier molecular flexibility index (Phi) is 6.37. The molecule has 4 heteroatoms. The van der Waals surface area contributed by atoms with Crippen LogP contribution in [0.15, 0.2) is 22.7 Å². The van der Waals surface area contributed by atoms with Crippen molar-refractivity contribution in [2.45, 2.75) is 20.3 Å². The fraction of sp³-hybridized carbons (Fsp3) is 0.538. The minimum Gasteiger partial charge on any atom is -0.399 e. The Bertz CT molecular complexity index is 342. The number of anilines is 2. The van der Waals surface area contributed by atoms with E-state index in [4.69, 9.17) is 10.5 Å². The van der Waals surface area contributed by atoms with Crippen molar-refractivity contribution in [3.63, 3.8) is 0 Å². The topological polar surface area (TPSA) is 47.3 Å². The van der Waals surface area contributed by atoms with Gasteiger partial charge in [-0.15, -0.1) is 0 Å². The van der Waals surface area contributed by atoms with E-state index in [0.717, 1.165) is 42.0 Å². The number of nitrogens with one attached hydrogen (secondary N) is 1. The molecule has 0 aromatic heterocycles. The van der Waals surface area contributed by atoms with Gasteiger partial charge in [0.2, 0.25) is 0 Å². The smallest absolute Gasteiger partial charge is 0.0639 e. The second-order valence-electron chi connectivity index (χ2n) is 4.46. The van der Waals surface area contributed by atoms with Gasteiger partial charge in [0.1, 0.15) is 0 Å². The number of rotatable bonds is 7. The molecule has 0 bridgehead atoms. The first kappa shape index (κ1) is 14.3. The molecular formula is C13H21BrN2O. The van der Waals surface area contributed by atoms with Crippen LogP contribution < -0.4 is 11.1 Å². The molecule has 1 rings (SSSR count). The van der Waals surface area contributed by atoms with E-state index < -0.39 is 0 Å². The quantitative estimate of drug-likeness (QED) is 0.598. The minimum atomic E-state index is 0.703. The normalized spacial score (nSPS) is 10.8. The Morgan fingerprint density at radius 3 is 2.76 bits per heavy atom. The maximum Gasteiger partial charge on any atom is 0.0639 e. The summed E-state index contributed by atoms with van der Waals surface area (Å²) in [7, 11) is 0. The van der Waals surface area contributed by atoms with Crippen LogP contribution in [0.4, 0.5) is 11.4 Å². The van der Waals surface area contributed by atoms with Gasteiger partial charge in [0.15, 0.2) is 0 Å². The number of ether oxygens (including phenoxy) is 1. The van der Waals surface area contributed by atoms with Gasteiger partial charge in [-0.2, -0.15) is 0 Å². The highest BCUT2D eigenvalue weighted by atomic mass is 79.9. The molecule has 0 aliphatic rings. The van der Waals surface area contributed by atoms with Crippen molar-refractivity contribution < 1.29 is 4.74 Å². The molecule has 0 aliphatic heterocycles. The van der Waals surface area contributed by atoms with Gasteiger partial charge in [-0.3, -0.25) is 0 Å². The molecule has 1 aromatic carbocycles. The van der Waals surface area contributed by atoms with Crippen LogP contribution in [0, 0.1) is 5.92 Å². The first-order valence-corrected chi connectivity index (χ1v) is 6.75. The summed E-state index contributed by atoms with van der Waals surface area (Å²) in [6, 6.07) is 5.74. The zero-order valence-corrected chi connectivity index (χ0v) is 12.1. The van der Waals surface area contributed by atoms with E-state index in [9.17, 15) is 0 Å². The third-order valence-electron chi connectivity index (χ3n) is 2.39. The van der Waals surface area contributed by atoms with Crippen LogP contribution in [0.3, 0.4) is 0 Å². The average molecular weight is 301 g/mol. The molecule has 0 aliphatic carbocycles. The summed E-state index contributed by atoms with van der Waals surface area (Å²) in [6.07, 6.45) is 1.12. The highest BCUT2D eigenvalue weighted by molar-refractivity contribution is 9.10. The van der Waals surface area contributed by atoms with Crippen LogP contribution in [-0.2, 0) is 4.74 Å². The lowest BCUT2D eigenvalue weighted by molar-refractivity contribution is 0.132. The van der Waals surface area contributed by atoms with E-state index in [-0.39, 0.29) is 0 Å². The molecule has 3 N–H and O–H groups in total. The summed E-state index contributed by atoms with van der Waals surface area (Å²) in [5, 5.41) is 3.30. The van der Waals surface area contributed by atoms with Gasteiger partial charge in [-0.25, -0.2) is 0 Å². The van der Waals surface area contributed by atoms with E-state index >= 15 is 0 Å². The number of hydrogen-bond acceptors (Lipinski definition) is 3. The fourth-order valence-corrected chi connectivity index (χ4v) is 1.89.